The molecule has 20 heavy (non-hydrogen) atoms. The van der Waals surface area contributed by atoms with Crippen LogP contribution in [0.2, 0.25) is 0 Å². The second kappa shape index (κ2) is 5.85. The van der Waals surface area contributed by atoms with Crippen molar-refractivity contribution < 1.29 is 0 Å². The molecule has 0 spiro atoms. The first-order valence-corrected chi connectivity index (χ1v) is 7.49. The van der Waals surface area contributed by atoms with Crippen molar-refractivity contribution in [3.8, 4) is 6.07 Å². The van der Waals surface area contributed by atoms with Gasteiger partial charge in [0, 0.05) is 6.04 Å². The lowest BCUT2D eigenvalue weighted by Gasteiger charge is -2.24. The van der Waals surface area contributed by atoms with Crippen LogP contribution in [0.1, 0.15) is 56.9 Å². The zero-order valence-electron chi connectivity index (χ0n) is 12.4. The van der Waals surface area contributed by atoms with Crippen molar-refractivity contribution in [3.63, 3.8) is 0 Å². The van der Waals surface area contributed by atoms with Crippen LogP contribution in [0.25, 0.3) is 11.0 Å². The average Bonchev–Trinajstić information content (AvgIpc) is 2.79. The number of hydrogen-bond donors (Lipinski definition) is 0. The number of alkyl halides is 1. The van der Waals surface area contributed by atoms with E-state index in [1.165, 1.54) is 0 Å². The first-order chi connectivity index (χ1) is 9.51. The zero-order chi connectivity index (χ0) is 14.9. The van der Waals surface area contributed by atoms with E-state index in [1.807, 2.05) is 19.1 Å². The van der Waals surface area contributed by atoms with Gasteiger partial charge in [-0.3, -0.25) is 0 Å². The Bertz CT molecular complexity index is 650. The van der Waals surface area contributed by atoms with E-state index < -0.39 is 0 Å². The third-order valence-electron chi connectivity index (χ3n) is 3.74. The Morgan fingerprint density at radius 3 is 2.55 bits per heavy atom. The van der Waals surface area contributed by atoms with Crippen LogP contribution < -0.4 is 0 Å². The third-order valence-corrected chi connectivity index (χ3v) is 3.94. The Morgan fingerprint density at radius 2 is 2.05 bits per heavy atom. The molecule has 4 heteroatoms. The molecule has 0 bridgehead atoms. The Hall–Kier alpha value is -1.53. The van der Waals surface area contributed by atoms with Crippen LogP contribution in [-0.4, -0.2) is 9.55 Å². The Kier molecular flexibility index (Phi) is 4.35. The summed E-state index contributed by atoms with van der Waals surface area (Å²) in [5.41, 5.74) is 2.38. The lowest BCUT2D eigenvalue weighted by molar-refractivity contribution is 0.364. The molecule has 3 nitrogen and oxygen atoms in total. The maximum absolute atomic E-state index is 9.25. The topological polar surface area (TPSA) is 41.6 Å². The number of halogens is 1. The standard InChI is InChI=1S/C16H20ClN3/c1-5-13(10(2)3)20-14-8-6-7-12(9-18)15(14)19-16(20)11(4)17/h6-8,10-11,13H,5H2,1-4H3. The van der Waals surface area contributed by atoms with Crippen LogP contribution in [0.3, 0.4) is 0 Å². The van der Waals surface area contributed by atoms with Gasteiger partial charge in [-0.15, -0.1) is 11.6 Å². The monoisotopic (exact) mass is 289 g/mol. The molecular weight excluding hydrogens is 270 g/mol. The van der Waals surface area contributed by atoms with Gasteiger partial charge in [0.15, 0.2) is 0 Å². The molecule has 1 heterocycles. The van der Waals surface area contributed by atoms with Crippen LogP contribution in [0.4, 0.5) is 0 Å². The van der Waals surface area contributed by atoms with E-state index >= 15 is 0 Å². The minimum absolute atomic E-state index is 0.179. The molecule has 0 saturated heterocycles. The first kappa shape index (κ1) is 14.9. The minimum atomic E-state index is -0.179. The van der Waals surface area contributed by atoms with E-state index in [9.17, 15) is 5.26 Å². The number of aromatic nitrogens is 2. The highest BCUT2D eigenvalue weighted by Gasteiger charge is 2.23. The number of imidazole rings is 1. The summed E-state index contributed by atoms with van der Waals surface area (Å²) in [7, 11) is 0. The smallest absolute Gasteiger partial charge is 0.128 e. The van der Waals surface area contributed by atoms with Gasteiger partial charge >= 0.3 is 0 Å². The van der Waals surface area contributed by atoms with Crippen molar-refractivity contribution in [1.29, 1.82) is 5.26 Å². The van der Waals surface area contributed by atoms with Gasteiger partial charge in [-0.05, 0) is 31.4 Å². The first-order valence-electron chi connectivity index (χ1n) is 7.06. The summed E-state index contributed by atoms with van der Waals surface area (Å²) < 4.78 is 2.22. The fourth-order valence-electron chi connectivity index (χ4n) is 2.81. The van der Waals surface area contributed by atoms with Crippen molar-refractivity contribution in [3.05, 3.63) is 29.6 Å². The number of benzene rings is 1. The summed E-state index contributed by atoms with van der Waals surface area (Å²) in [6, 6.07) is 8.30. The third kappa shape index (κ3) is 2.41. The highest BCUT2D eigenvalue weighted by Crippen LogP contribution is 2.33. The maximum atomic E-state index is 9.25. The van der Waals surface area contributed by atoms with Gasteiger partial charge in [0.1, 0.15) is 17.4 Å². The molecule has 0 saturated carbocycles. The molecule has 0 aliphatic carbocycles. The SMILES string of the molecule is CCC(C(C)C)n1c(C(C)Cl)nc2c(C#N)cccc21. The van der Waals surface area contributed by atoms with Gasteiger partial charge < -0.3 is 4.57 Å². The van der Waals surface area contributed by atoms with E-state index in [4.69, 9.17) is 11.6 Å². The van der Waals surface area contributed by atoms with Gasteiger partial charge in [0.25, 0.3) is 0 Å². The molecule has 0 N–H and O–H groups in total. The summed E-state index contributed by atoms with van der Waals surface area (Å²) in [5, 5.41) is 9.07. The molecule has 1 aromatic heterocycles. The van der Waals surface area contributed by atoms with Gasteiger partial charge in [-0.1, -0.05) is 26.8 Å². The van der Waals surface area contributed by atoms with Crippen LogP contribution in [0, 0.1) is 17.2 Å². The van der Waals surface area contributed by atoms with Gasteiger partial charge in [-0.25, -0.2) is 4.98 Å². The number of nitrogens with zero attached hydrogens (tertiary/aromatic N) is 3. The summed E-state index contributed by atoms with van der Waals surface area (Å²) in [4.78, 5) is 4.64. The Balaban J connectivity index is 2.80. The normalized spacial score (nSPS) is 14.4. The van der Waals surface area contributed by atoms with Crippen molar-refractivity contribution in [1.82, 2.24) is 9.55 Å². The molecule has 2 rings (SSSR count). The van der Waals surface area contributed by atoms with Crippen LogP contribution >= 0.6 is 11.6 Å². The van der Waals surface area contributed by atoms with Gasteiger partial charge in [0.05, 0.1) is 16.5 Å². The number of fused-ring (bicyclic) bond motifs is 1. The summed E-state index contributed by atoms with van der Waals surface area (Å²) in [6.07, 6.45) is 1.01. The van der Waals surface area contributed by atoms with Gasteiger partial charge in [-0.2, -0.15) is 5.26 Å². The zero-order valence-corrected chi connectivity index (χ0v) is 13.1. The second-order valence-electron chi connectivity index (χ2n) is 5.46. The largest absolute Gasteiger partial charge is 0.323 e. The molecule has 0 radical (unpaired) electrons. The molecule has 1 aromatic carbocycles. The van der Waals surface area contributed by atoms with Crippen molar-refractivity contribution in [2.45, 2.75) is 45.5 Å². The van der Waals surface area contributed by atoms with Crippen molar-refractivity contribution in [2.75, 3.05) is 0 Å². The number of hydrogen-bond acceptors (Lipinski definition) is 2. The van der Waals surface area contributed by atoms with E-state index in [1.54, 1.807) is 6.07 Å². The van der Waals surface area contributed by atoms with Crippen molar-refractivity contribution >= 4 is 22.6 Å². The predicted molar refractivity (Wildman–Crippen MR) is 82.9 cm³/mol. The highest BCUT2D eigenvalue weighted by molar-refractivity contribution is 6.20. The lowest BCUT2D eigenvalue weighted by Crippen LogP contribution is -2.17. The molecule has 0 aliphatic rings. The predicted octanol–water partition coefficient (Wildman–Crippen LogP) is 4.81. The molecule has 2 aromatic rings. The highest BCUT2D eigenvalue weighted by atomic mass is 35.5. The average molecular weight is 290 g/mol. The molecular formula is C16H20ClN3. The van der Waals surface area contributed by atoms with E-state index in [0.717, 1.165) is 23.3 Å². The number of rotatable bonds is 4. The number of nitriles is 1. The quantitative estimate of drug-likeness (QED) is 0.758. The molecule has 0 amide bonds. The number of para-hydroxylation sites is 1. The van der Waals surface area contributed by atoms with E-state index in [0.29, 0.717) is 17.5 Å². The maximum Gasteiger partial charge on any atom is 0.128 e. The van der Waals surface area contributed by atoms with E-state index in [-0.39, 0.29) is 5.38 Å². The Labute approximate surface area is 125 Å². The molecule has 2 unspecified atom stereocenters. The van der Waals surface area contributed by atoms with Crippen LogP contribution in [0.5, 0.6) is 0 Å². The Morgan fingerprint density at radius 1 is 1.35 bits per heavy atom. The molecule has 0 aliphatic heterocycles. The molecule has 106 valence electrons. The fraction of sp³-hybridized carbons (Fsp3) is 0.500. The summed E-state index contributed by atoms with van der Waals surface area (Å²) in [6.45, 7) is 8.51. The fourth-order valence-corrected chi connectivity index (χ4v) is 2.96. The second-order valence-corrected chi connectivity index (χ2v) is 6.12. The summed E-state index contributed by atoms with van der Waals surface area (Å²) in [5.74, 6) is 1.34. The minimum Gasteiger partial charge on any atom is -0.323 e. The molecule has 2 atom stereocenters. The van der Waals surface area contributed by atoms with Crippen molar-refractivity contribution in [2.24, 2.45) is 5.92 Å². The molecule has 0 fully saturated rings. The van der Waals surface area contributed by atoms with E-state index in [2.05, 4.69) is 36.4 Å². The van der Waals surface area contributed by atoms with Gasteiger partial charge in [0.2, 0.25) is 0 Å². The van der Waals surface area contributed by atoms with Crippen LogP contribution in [0.15, 0.2) is 18.2 Å². The summed E-state index contributed by atoms with van der Waals surface area (Å²) >= 11 is 6.31. The lowest BCUT2D eigenvalue weighted by atomic mass is 10.0. The van der Waals surface area contributed by atoms with Crippen LogP contribution in [-0.2, 0) is 0 Å².